The molecule has 6 heteroatoms. The second-order valence-electron chi connectivity index (χ2n) is 7.32. The maximum atomic E-state index is 13.2. The van der Waals surface area contributed by atoms with Gasteiger partial charge in [-0.1, -0.05) is 6.07 Å². The number of nitrogens with one attached hydrogen (secondary N) is 1. The normalized spacial score (nSPS) is 18.9. The van der Waals surface area contributed by atoms with Crippen molar-refractivity contribution in [2.75, 3.05) is 37.6 Å². The number of nitrogens with zero attached hydrogens (tertiary/aromatic N) is 3. The van der Waals surface area contributed by atoms with Gasteiger partial charge in [0.25, 0.3) is 0 Å². The van der Waals surface area contributed by atoms with E-state index in [9.17, 15) is 9.18 Å². The molecule has 2 fully saturated rings. The predicted octanol–water partition coefficient (Wildman–Crippen LogP) is 2.61. The van der Waals surface area contributed by atoms with Gasteiger partial charge < -0.3 is 10.2 Å². The molecule has 4 rings (SSSR count). The number of rotatable bonds is 6. The maximum Gasteiger partial charge on any atom is 0.223 e. The van der Waals surface area contributed by atoms with Crippen molar-refractivity contribution in [2.45, 2.75) is 18.9 Å². The number of aromatic nitrogens is 1. The molecule has 1 aliphatic carbocycles. The highest BCUT2D eigenvalue weighted by Crippen LogP contribution is 2.29. The summed E-state index contributed by atoms with van der Waals surface area (Å²) in [6, 6.07) is 10.8. The zero-order chi connectivity index (χ0) is 18.6. The summed E-state index contributed by atoms with van der Waals surface area (Å²) in [7, 11) is 0. The van der Waals surface area contributed by atoms with Gasteiger partial charge >= 0.3 is 0 Å². The predicted molar refractivity (Wildman–Crippen MR) is 103 cm³/mol. The lowest BCUT2D eigenvalue weighted by Gasteiger charge is -2.40. The SMILES string of the molecule is O=C(NCC(c1cccnc1)N1CCN(c2ccc(F)cc2)CC1)C1CC1. The first-order chi connectivity index (χ1) is 13.2. The number of amides is 1. The van der Waals surface area contributed by atoms with E-state index in [0.29, 0.717) is 6.54 Å². The van der Waals surface area contributed by atoms with Gasteiger partial charge in [0.05, 0.1) is 6.04 Å². The minimum Gasteiger partial charge on any atom is -0.369 e. The topological polar surface area (TPSA) is 48.5 Å². The third-order valence-electron chi connectivity index (χ3n) is 5.43. The van der Waals surface area contributed by atoms with Crippen LogP contribution in [0.25, 0.3) is 0 Å². The number of benzene rings is 1. The summed E-state index contributed by atoms with van der Waals surface area (Å²) < 4.78 is 13.2. The van der Waals surface area contributed by atoms with Crippen molar-refractivity contribution in [1.29, 1.82) is 0 Å². The lowest BCUT2D eigenvalue weighted by molar-refractivity contribution is -0.122. The Hall–Kier alpha value is -2.47. The van der Waals surface area contributed by atoms with Crippen molar-refractivity contribution >= 4 is 11.6 Å². The summed E-state index contributed by atoms with van der Waals surface area (Å²) in [5.41, 5.74) is 2.18. The lowest BCUT2D eigenvalue weighted by atomic mass is 10.1. The molecule has 5 nitrogen and oxygen atoms in total. The highest BCUT2D eigenvalue weighted by atomic mass is 19.1. The third kappa shape index (κ3) is 4.45. The summed E-state index contributed by atoms with van der Waals surface area (Å²) in [5.74, 6) is 0.184. The highest BCUT2D eigenvalue weighted by Gasteiger charge is 2.31. The van der Waals surface area contributed by atoms with Gasteiger partial charge in [0.2, 0.25) is 5.91 Å². The van der Waals surface area contributed by atoms with Gasteiger partial charge in [-0.2, -0.15) is 0 Å². The second kappa shape index (κ2) is 8.05. The first-order valence-corrected chi connectivity index (χ1v) is 9.63. The van der Waals surface area contributed by atoms with Crippen molar-refractivity contribution in [3.63, 3.8) is 0 Å². The Labute approximate surface area is 159 Å². The van der Waals surface area contributed by atoms with Crippen molar-refractivity contribution in [3.05, 3.63) is 60.2 Å². The molecule has 1 amide bonds. The Bertz CT molecular complexity index is 756. The van der Waals surface area contributed by atoms with Crippen LogP contribution in [0, 0.1) is 11.7 Å². The number of carbonyl (C=O) groups excluding carboxylic acids is 1. The molecule has 1 saturated carbocycles. The van der Waals surface area contributed by atoms with E-state index in [0.717, 1.165) is 50.3 Å². The Morgan fingerprint density at radius 1 is 1.15 bits per heavy atom. The monoisotopic (exact) mass is 368 g/mol. The summed E-state index contributed by atoms with van der Waals surface area (Å²) >= 11 is 0. The number of pyridine rings is 1. The van der Waals surface area contributed by atoms with Crippen LogP contribution in [-0.4, -0.2) is 48.5 Å². The quantitative estimate of drug-likeness (QED) is 0.852. The van der Waals surface area contributed by atoms with Gasteiger partial charge in [0.1, 0.15) is 5.82 Å². The summed E-state index contributed by atoms with van der Waals surface area (Å²) in [6.45, 7) is 4.13. The number of hydrogen-bond donors (Lipinski definition) is 1. The number of piperazine rings is 1. The van der Waals surface area contributed by atoms with Crippen LogP contribution < -0.4 is 10.2 Å². The molecule has 1 atom stereocenters. The number of anilines is 1. The average Bonchev–Trinajstić information content (AvgIpc) is 3.55. The van der Waals surface area contributed by atoms with Crippen LogP contribution in [0.4, 0.5) is 10.1 Å². The van der Waals surface area contributed by atoms with Crippen LogP contribution in [0.2, 0.25) is 0 Å². The van der Waals surface area contributed by atoms with E-state index in [1.54, 1.807) is 6.20 Å². The molecule has 1 aromatic carbocycles. The molecule has 2 aromatic rings. The van der Waals surface area contributed by atoms with Gasteiger partial charge in [0.15, 0.2) is 0 Å². The standard InChI is InChI=1S/C21H25FN4O/c22-18-5-7-19(8-6-18)25-10-12-26(13-11-25)20(17-2-1-9-23-14-17)15-24-21(27)16-3-4-16/h1-2,5-9,14,16,20H,3-4,10-13,15H2,(H,24,27). The molecular formula is C21H25FN4O. The first kappa shape index (κ1) is 17.9. The molecule has 2 aliphatic rings. The fourth-order valence-corrected chi connectivity index (χ4v) is 3.66. The fourth-order valence-electron chi connectivity index (χ4n) is 3.66. The number of hydrogen-bond acceptors (Lipinski definition) is 4. The molecule has 27 heavy (non-hydrogen) atoms. The van der Waals surface area contributed by atoms with Gasteiger partial charge in [-0.3, -0.25) is 14.7 Å². The van der Waals surface area contributed by atoms with Crippen LogP contribution in [0.1, 0.15) is 24.4 Å². The third-order valence-corrected chi connectivity index (χ3v) is 5.43. The zero-order valence-electron chi connectivity index (χ0n) is 15.4. The van der Waals surface area contributed by atoms with Crippen molar-refractivity contribution in [1.82, 2.24) is 15.2 Å². The van der Waals surface area contributed by atoms with Gasteiger partial charge in [-0.25, -0.2) is 4.39 Å². The Balaban J connectivity index is 1.41. The Morgan fingerprint density at radius 2 is 1.89 bits per heavy atom. The molecule has 2 heterocycles. The van der Waals surface area contributed by atoms with E-state index in [4.69, 9.17) is 0 Å². The second-order valence-corrected chi connectivity index (χ2v) is 7.32. The molecule has 142 valence electrons. The molecule has 0 bridgehead atoms. The summed E-state index contributed by atoms with van der Waals surface area (Å²) in [4.78, 5) is 21.0. The Kier molecular flexibility index (Phi) is 5.34. The van der Waals surface area contributed by atoms with Crippen LogP contribution in [0.15, 0.2) is 48.8 Å². The van der Waals surface area contributed by atoms with Crippen LogP contribution in [-0.2, 0) is 4.79 Å². The molecule has 1 N–H and O–H groups in total. The minimum absolute atomic E-state index is 0.122. The molecule has 0 radical (unpaired) electrons. The fraction of sp³-hybridized carbons (Fsp3) is 0.429. The molecule has 1 aromatic heterocycles. The van der Waals surface area contributed by atoms with E-state index < -0.39 is 0 Å². The molecule has 1 saturated heterocycles. The summed E-state index contributed by atoms with van der Waals surface area (Å²) in [6.07, 6.45) is 5.69. The Morgan fingerprint density at radius 3 is 2.52 bits per heavy atom. The molecular weight excluding hydrogens is 343 g/mol. The van der Waals surface area contributed by atoms with E-state index >= 15 is 0 Å². The molecule has 1 unspecified atom stereocenters. The van der Waals surface area contributed by atoms with Crippen LogP contribution in [0.3, 0.4) is 0 Å². The van der Waals surface area contributed by atoms with Gasteiger partial charge in [-0.05, 0) is 48.7 Å². The average molecular weight is 368 g/mol. The van der Waals surface area contributed by atoms with Crippen LogP contribution in [0.5, 0.6) is 0 Å². The minimum atomic E-state index is -0.208. The number of carbonyl (C=O) groups is 1. The maximum absolute atomic E-state index is 13.2. The zero-order valence-corrected chi connectivity index (χ0v) is 15.4. The largest absolute Gasteiger partial charge is 0.369 e. The van der Waals surface area contributed by atoms with Crippen molar-refractivity contribution in [2.24, 2.45) is 5.92 Å². The van der Waals surface area contributed by atoms with E-state index in [1.807, 2.05) is 24.4 Å². The van der Waals surface area contributed by atoms with Crippen molar-refractivity contribution < 1.29 is 9.18 Å². The van der Waals surface area contributed by atoms with E-state index in [-0.39, 0.29) is 23.7 Å². The molecule has 1 aliphatic heterocycles. The van der Waals surface area contributed by atoms with E-state index in [1.165, 1.54) is 12.1 Å². The van der Waals surface area contributed by atoms with Gasteiger partial charge in [0, 0.05) is 56.7 Å². The van der Waals surface area contributed by atoms with E-state index in [2.05, 4.69) is 26.2 Å². The smallest absolute Gasteiger partial charge is 0.223 e. The number of halogens is 1. The van der Waals surface area contributed by atoms with Crippen molar-refractivity contribution in [3.8, 4) is 0 Å². The first-order valence-electron chi connectivity index (χ1n) is 9.63. The van der Waals surface area contributed by atoms with Crippen LogP contribution >= 0.6 is 0 Å². The lowest BCUT2D eigenvalue weighted by Crippen LogP contribution is -2.50. The summed E-state index contributed by atoms with van der Waals surface area (Å²) in [5, 5.41) is 3.13. The highest BCUT2D eigenvalue weighted by molar-refractivity contribution is 5.80. The molecule has 0 spiro atoms. The van der Waals surface area contributed by atoms with Gasteiger partial charge in [-0.15, -0.1) is 0 Å².